The van der Waals surface area contributed by atoms with E-state index in [4.69, 9.17) is 0 Å². The first-order chi connectivity index (χ1) is 11.3. The van der Waals surface area contributed by atoms with Crippen LogP contribution in [0.4, 0.5) is 5.69 Å². The molecule has 2 aromatic heterocycles. The van der Waals surface area contributed by atoms with Crippen molar-refractivity contribution in [3.63, 3.8) is 0 Å². The summed E-state index contributed by atoms with van der Waals surface area (Å²) in [6, 6.07) is 16.0. The van der Waals surface area contributed by atoms with E-state index in [0.29, 0.717) is 28.2 Å². The summed E-state index contributed by atoms with van der Waals surface area (Å²) in [4.78, 5) is 21.1. The third kappa shape index (κ3) is 3.25. The predicted octanol–water partition coefficient (Wildman–Crippen LogP) is 2.89. The molecule has 1 aromatic carbocycles. The Labute approximate surface area is 133 Å². The lowest BCUT2D eigenvalue weighted by atomic mass is 10.1. The molecule has 1 amide bonds. The number of anilines is 1. The van der Waals surface area contributed by atoms with Crippen LogP contribution in [0, 0.1) is 0 Å². The summed E-state index contributed by atoms with van der Waals surface area (Å²) in [5, 5.41) is 12.2. The van der Waals surface area contributed by atoms with Gasteiger partial charge in [-0.3, -0.25) is 14.8 Å². The smallest absolute Gasteiger partial charge is 0.257 e. The number of nitrogens with one attached hydrogen (secondary N) is 1. The summed E-state index contributed by atoms with van der Waals surface area (Å²) in [6.45, 7) is -0.142. The lowest BCUT2D eigenvalue weighted by Crippen LogP contribution is -2.15. The minimum Gasteiger partial charge on any atom is -0.392 e. The van der Waals surface area contributed by atoms with Gasteiger partial charge in [0.1, 0.15) is 5.69 Å². The fourth-order valence-corrected chi connectivity index (χ4v) is 2.27. The molecule has 3 rings (SSSR count). The van der Waals surface area contributed by atoms with Gasteiger partial charge in [-0.2, -0.15) is 0 Å². The first kappa shape index (κ1) is 14.9. The molecule has 5 nitrogen and oxygen atoms in total. The maximum Gasteiger partial charge on any atom is 0.257 e. The number of nitrogens with zero attached hydrogens (tertiary/aromatic N) is 2. The average Bonchev–Trinajstić information content (AvgIpc) is 2.63. The van der Waals surface area contributed by atoms with E-state index >= 15 is 0 Å². The average molecular weight is 305 g/mol. The highest BCUT2D eigenvalue weighted by atomic mass is 16.3. The topological polar surface area (TPSA) is 75.1 Å². The Kier molecular flexibility index (Phi) is 4.40. The monoisotopic (exact) mass is 305 g/mol. The molecule has 2 N–H and O–H groups in total. The van der Waals surface area contributed by atoms with Gasteiger partial charge in [-0.05, 0) is 30.3 Å². The molecule has 0 bridgehead atoms. The summed E-state index contributed by atoms with van der Waals surface area (Å²) in [7, 11) is 0. The van der Waals surface area contributed by atoms with Gasteiger partial charge >= 0.3 is 0 Å². The Morgan fingerprint density at radius 2 is 1.74 bits per heavy atom. The van der Waals surface area contributed by atoms with Crippen molar-refractivity contribution in [1.29, 1.82) is 0 Å². The van der Waals surface area contributed by atoms with E-state index in [-0.39, 0.29) is 12.5 Å². The quantitative estimate of drug-likeness (QED) is 0.777. The number of aliphatic hydroxyl groups is 1. The molecule has 5 heteroatoms. The Morgan fingerprint density at radius 3 is 2.52 bits per heavy atom. The van der Waals surface area contributed by atoms with E-state index in [1.807, 2.05) is 18.2 Å². The Bertz CT molecular complexity index is 819. The fraction of sp³-hybridized carbons (Fsp3) is 0.0556. The lowest BCUT2D eigenvalue weighted by molar-refractivity contribution is 0.102. The number of amides is 1. The molecule has 0 saturated heterocycles. The fourth-order valence-electron chi connectivity index (χ4n) is 2.27. The molecule has 0 saturated carbocycles. The number of carbonyl (C=O) groups is 1. The van der Waals surface area contributed by atoms with Gasteiger partial charge in [-0.25, -0.2) is 0 Å². The number of carbonyl (C=O) groups excluding carboxylic acids is 1. The second-order valence-electron chi connectivity index (χ2n) is 4.88. The van der Waals surface area contributed by atoms with Crippen molar-refractivity contribution in [3.05, 3.63) is 78.1 Å². The van der Waals surface area contributed by atoms with Crippen molar-refractivity contribution in [2.75, 3.05) is 5.32 Å². The van der Waals surface area contributed by atoms with E-state index in [9.17, 15) is 9.90 Å². The highest BCUT2D eigenvalue weighted by molar-refractivity contribution is 6.08. The SMILES string of the molecule is O=C(Nc1ccccc1CO)c1cccnc1-c1ccccn1. The number of para-hydroxylation sites is 1. The van der Waals surface area contributed by atoms with E-state index in [1.54, 1.807) is 48.8 Å². The van der Waals surface area contributed by atoms with Crippen molar-refractivity contribution < 1.29 is 9.90 Å². The maximum atomic E-state index is 12.6. The van der Waals surface area contributed by atoms with Gasteiger partial charge in [0, 0.05) is 23.6 Å². The van der Waals surface area contributed by atoms with Gasteiger partial charge in [0.2, 0.25) is 0 Å². The second kappa shape index (κ2) is 6.81. The zero-order valence-corrected chi connectivity index (χ0v) is 12.3. The molecule has 0 aliphatic carbocycles. The molecular weight excluding hydrogens is 290 g/mol. The van der Waals surface area contributed by atoms with Crippen LogP contribution in [0.2, 0.25) is 0 Å². The number of hydrogen-bond acceptors (Lipinski definition) is 4. The summed E-state index contributed by atoms with van der Waals surface area (Å²) in [6.07, 6.45) is 3.29. The molecule has 0 fully saturated rings. The van der Waals surface area contributed by atoms with Crippen LogP contribution in [0.15, 0.2) is 67.0 Å². The van der Waals surface area contributed by atoms with Crippen LogP contribution < -0.4 is 5.32 Å². The largest absolute Gasteiger partial charge is 0.392 e. The molecule has 0 atom stereocenters. The number of aromatic nitrogens is 2. The molecular formula is C18H15N3O2. The third-order valence-electron chi connectivity index (χ3n) is 3.40. The van der Waals surface area contributed by atoms with Crippen molar-refractivity contribution in [1.82, 2.24) is 9.97 Å². The van der Waals surface area contributed by atoms with Gasteiger partial charge in [0.25, 0.3) is 5.91 Å². The van der Waals surface area contributed by atoms with Crippen molar-refractivity contribution in [2.24, 2.45) is 0 Å². The highest BCUT2D eigenvalue weighted by Crippen LogP contribution is 2.21. The van der Waals surface area contributed by atoms with E-state index < -0.39 is 0 Å². The van der Waals surface area contributed by atoms with Crippen LogP contribution in [0.5, 0.6) is 0 Å². The molecule has 3 aromatic rings. The van der Waals surface area contributed by atoms with Crippen LogP contribution in [0.1, 0.15) is 15.9 Å². The molecule has 0 spiro atoms. The number of rotatable bonds is 4. The van der Waals surface area contributed by atoms with Gasteiger partial charge < -0.3 is 10.4 Å². The Hall–Kier alpha value is -3.05. The Balaban J connectivity index is 1.95. The first-order valence-electron chi connectivity index (χ1n) is 7.16. The van der Waals surface area contributed by atoms with E-state index in [1.165, 1.54) is 0 Å². The summed E-state index contributed by atoms with van der Waals surface area (Å²) in [5.41, 5.74) is 2.82. The third-order valence-corrected chi connectivity index (χ3v) is 3.40. The molecule has 0 aliphatic rings. The Morgan fingerprint density at radius 1 is 0.957 bits per heavy atom. The number of hydrogen-bond donors (Lipinski definition) is 2. The van der Waals surface area contributed by atoms with Crippen LogP contribution in [-0.2, 0) is 6.61 Å². The van der Waals surface area contributed by atoms with Gasteiger partial charge in [-0.1, -0.05) is 24.3 Å². The molecule has 0 radical (unpaired) electrons. The molecule has 0 unspecified atom stereocenters. The predicted molar refractivity (Wildman–Crippen MR) is 87.8 cm³/mol. The van der Waals surface area contributed by atoms with Gasteiger partial charge in [-0.15, -0.1) is 0 Å². The minimum absolute atomic E-state index is 0.142. The zero-order valence-electron chi connectivity index (χ0n) is 12.3. The highest BCUT2D eigenvalue weighted by Gasteiger charge is 2.15. The van der Waals surface area contributed by atoms with E-state index in [2.05, 4.69) is 15.3 Å². The van der Waals surface area contributed by atoms with Gasteiger partial charge in [0.15, 0.2) is 0 Å². The van der Waals surface area contributed by atoms with Crippen LogP contribution >= 0.6 is 0 Å². The van der Waals surface area contributed by atoms with E-state index in [0.717, 1.165) is 0 Å². The van der Waals surface area contributed by atoms with Crippen molar-refractivity contribution in [3.8, 4) is 11.4 Å². The standard InChI is InChI=1S/C18H15N3O2/c22-12-13-6-1-2-8-15(13)21-18(23)14-7-5-11-20-17(14)16-9-3-4-10-19-16/h1-11,22H,12H2,(H,21,23). The second-order valence-corrected chi connectivity index (χ2v) is 4.88. The number of benzene rings is 1. The zero-order chi connectivity index (χ0) is 16.1. The first-order valence-corrected chi connectivity index (χ1v) is 7.16. The van der Waals surface area contributed by atoms with Crippen LogP contribution in [0.3, 0.4) is 0 Å². The summed E-state index contributed by atoms with van der Waals surface area (Å²) >= 11 is 0. The van der Waals surface area contributed by atoms with Gasteiger partial charge in [0.05, 0.1) is 17.9 Å². The van der Waals surface area contributed by atoms with Crippen molar-refractivity contribution >= 4 is 11.6 Å². The van der Waals surface area contributed by atoms with Crippen molar-refractivity contribution in [2.45, 2.75) is 6.61 Å². The molecule has 23 heavy (non-hydrogen) atoms. The van der Waals surface area contributed by atoms with Crippen LogP contribution in [-0.4, -0.2) is 21.0 Å². The lowest BCUT2D eigenvalue weighted by Gasteiger charge is -2.11. The summed E-state index contributed by atoms with van der Waals surface area (Å²) in [5.74, 6) is -0.292. The molecule has 2 heterocycles. The number of aliphatic hydroxyl groups excluding tert-OH is 1. The minimum atomic E-state index is -0.292. The normalized spacial score (nSPS) is 10.3. The molecule has 114 valence electrons. The van der Waals surface area contributed by atoms with Crippen LogP contribution in [0.25, 0.3) is 11.4 Å². The summed E-state index contributed by atoms with van der Waals surface area (Å²) < 4.78 is 0. The molecule has 0 aliphatic heterocycles. The maximum absolute atomic E-state index is 12.6. The number of pyridine rings is 2.